The van der Waals surface area contributed by atoms with Gasteiger partial charge in [0.1, 0.15) is 0 Å². The summed E-state index contributed by atoms with van der Waals surface area (Å²) in [7, 11) is 1.72. The third-order valence-electron chi connectivity index (χ3n) is 3.37. The van der Waals surface area contributed by atoms with E-state index >= 15 is 0 Å². The molecule has 2 rings (SSSR count). The summed E-state index contributed by atoms with van der Waals surface area (Å²) in [5, 5.41) is 2.93. The van der Waals surface area contributed by atoms with Gasteiger partial charge in [0.2, 0.25) is 6.43 Å². The van der Waals surface area contributed by atoms with Crippen molar-refractivity contribution in [2.24, 2.45) is 0 Å². The van der Waals surface area contributed by atoms with Crippen LogP contribution in [0.3, 0.4) is 0 Å². The fourth-order valence-electron chi connectivity index (χ4n) is 2.22. The van der Waals surface area contributed by atoms with Crippen LogP contribution in [0.1, 0.15) is 24.0 Å². The first kappa shape index (κ1) is 12.8. The zero-order valence-electron chi connectivity index (χ0n) is 10.0. The Balaban J connectivity index is 2.30. The average Bonchev–Trinajstić information content (AvgIpc) is 2.75. The van der Waals surface area contributed by atoms with E-state index in [1.54, 1.807) is 25.7 Å². The van der Waals surface area contributed by atoms with Gasteiger partial charge >= 0.3 is 0 Å². The first-order chi connectivity index (χ1) is 8.13. The van der Waals surface area contributed by atoms with Gasteiger partial charge < -0.3 is 5.32 Å². The molecule has 0 saturated carbocycles. The Bertz CT molecular complexity index is 395. The van der Waals surface area contributed by atoms with Gasteiger partial charge in [0.05, 0.1) is 5.92 Å². The largest absolute Gasteiger partial charge is 0.316 e. The van der Waals surface area contributed by atoms with Gasteiger partial charge in [-0.15, -0.1) is 11.8 Å². The van der Waals surface area contributed by atoms with E-state index in [9.17, 15) is 8.78 Å². The minimum atomic E-state index is -2.33. The third-order valence-corrected chi connectivity index (χ3v) is 4.47. The molecule has 4 heteroatoms. The van der Waals surface area contributed by atoms with Crippen molar-refractivity contribution < 1.29 is 8.78 Å². The molecule has 94 valence electrons. The van der Waals surface area contributed by atoms with Gasteiger partial charge in [-0.2, -0.15) is 0 Å². The second kappa shape index (κ2) is 5.36. The van der Waals surface area contributed by atoms with Gasteiger partial charge in [-0.05, 0) is 37.6 Å². The van der Waals surface area contributed by atoms with Crippen LogP contribution in [0.25, 0.3) is 0 Å². The summed E-state index contributed by atoms with van der Waals surface area (Å²) in [4.78, 5) is 1.18. The van der Waals surface area contributed by atoms with Crippen LogP contribution in [-0.4, -0.2) is 25.3 Å². The molecule has 17 heavy (non-hydrogen) atoms. The molecule has 2 atom stereocenters. The molecule has 0 aromatic heterocycles. The zero-order valence-corrected chi connectivity index (χ0v) is 10.9. The first-order valence-corrected chi connectivity index (χ1v) is 6.83. The monoisotopic (exact) mass is 257 g/mol. The molecule has 1 heterocycles. The highest BCUT2D eigenvalue weighted by Crippen LogP contribution is 2.35. The Kier molecular flexibility index (Phi) is 4.05. The molecule has 2 unspecified atom stereocenters. The van der Waals surface area contributed by atoms with Crippen molar-refractivity contribution in [3.63, 3.8) is 0 Å². The van der Waals surface area contributed by atoms with Crippen molar-refractivity contribution in [3.8, 4) is 0 Å². The number of likely N-dealkylation sites (N-methyl/N-ethyl adjacent to an activating group) is 1. The predicted molar refractivity (Wildman–Crippen MR) is 68.1 cm³/mol. The van der Waals surface area contributed by atoms with Crippen LogP contribution in [0, 0.1) is 0 Å². The van der Waals surface area contributed by atoms with Crippen LogP contribution in [0.2, 0.25) is 0 Å². The normalized spacial score (nSPS) is 18.2. The summed E-state index contributed by atoms with van der Waals surface area (Å²) in [6.45, 7) is 1.80. The smallest absolute Gasteiger partial charge is 0.246 e. The number of fused-ring (bicyclic) bond motifs is 1. The molecular weight excluding hydrogens is 240 g/mol. The number of benzene rings is 1. The lowest BCUT2D eigenvalue weighted by atomic mass is 9.92. The molecule has 1 aliphatic heterocycles. The van der Waals surface area contributed by atoms with Crippen molar-refractivity contribution in [1.29, 1.82) is 0 Å². The lowest BCUT2D eigenvalue weighted by molar-refractivity contribution is 0.0993. The average molecular weight is 257 g/mol. The van der Waals surface area contributed by atoms with Crippen LogP contribution < -0.4 is 5.32 Å². The van der Waals surface area contributed by atoms with Gasteiger partial charge in [0.15, 0.2) is 0 Å². The number of nitrogens with one attached hydrogen (secondary N) is 1. The second-order valence-corrected chi connectivity index (χ2v) is 5.54. The minimum Gasteiger partial charge on any atom is -0.316 e. The molecule has 1 nitrogen and oxygen atoms in total. The van der Waals surface area contributed by atoms with Gasteiger partial charge in [0.25, 0.3) is 0 Å². The summed E-state index contributed by atoms with van der Waals surface area (Å²) in [6, 6.07) is 5.58. The first-order valence-electron chi connectivity index (χ1n) is 5.84. The van der Waals surface area contributed by atoms with E-state index in [1.807, 2.05) is 18.2 Å². The Morgan fingerprint density at radius 2 is 2.12 bits per heavy atom. The standard InChI is InChI=1S/C13H17F2NS/c1-8(16-2)12(13(14)15)10-4-3-9-5-6-17-11(9)7-10/h3-4,7-8,12-13,16H,5-6H2,1-2H3. The summed E-state index contributed by atoms with van der Waals surface area (Å²) in [5.41, 5.74) is 2.04. The van der Waals surface area contributed by atoms with Crippen molar-refractivity contribution in [1.82, 2.24) is 5.32 Å². The molecule has 1 aromatic carbocycles. The maximum Gasteiger partial charge on any atom is 0.246 e. The molecule has 0 bridgehead atoms. The molecule has 0 spiro atoms. The Morgan fingerprint density at radius 3 is 2.76 bits per heavy atom. The summed E-state index contributed by atoms with van der Waals surface area (Å²) in [5.74, 6) is 0.339. The predicted octanol–water partition coefficient (Wildman–Crippen LogP) is 3.29. The molecule has 0 amide bonds. The maximum absolute atomic E-state index is 13.1. The van der Waals surface area contributed by atoms with Crippen LogP contribution in [0.15, 0.2) is 23.1 Å². The highest BCUT2D eigenvalue weighted by Gasteiger charge is 2.28. The number of hydrogen-bond acceptors (Lipinski definition) is 2. The lowest BCUT2D eigenvalue weighted by Crippen LogP contribution is -2.33. The number of aryl methyl sites for hydroxylation is 1. The molecule has 1 aliphatic rings. The van der Waals surface area contributed by atoms with E-state index in [2.05, 4.69) is 5.32 Å². The van der Waals surface area contributed by atoms with Crippen molar-refractivity contribution in [3.05, 3.63) is 29.3 Å². The maximum atomic E-state index is 13.1. The molecule has 1 aromatic rings. The Labute approximate surface area is 105 Å². The van der Waals surface area contributed by atoms with Crippen molar-refractivity contribution >= 4 is 11.8 Å². The highest BCUT2D eigenvalue weighted by molar-refractivity contribution is 7.99. The van der Waals surface area contributed by atoms with E-state index < -0.39 is 12.3 Å². The Morgan fingerprint density at radius 1 is 1.35 bits per heavy atom. The number of alkyl halides is 2. The number of thioether (sulfide) groups is 1. The van der Waals surface area contributed by atoms with Crippen LogP contribution in [0.5, 0.6) is 0 Å². The summed E-state index contributed by atoms with van der Waals surface area (Å²) in [6.07, 6.45) is -1.27. The second-order valence-electron chi connectivity index (χ2n) is 4.40. The summed E-state index contributed by atoms with van der Waals surface area (Å²) < 4.78 is 26.3. The van der Waals surface area contributed by atoms with Crippen molar-refractivity contribution in [2.75, 3.05) is 12.8 Å². The van der Waals surface area contributed by atoms with Crippen LogP contribution in [-0.2, 0) is 6.42 Å². The van der Waals surface area contributed by atoms with Crippen LogP contribution in [0.4, 0.5) is 8.78 Å². The minimum absolute atomic E-state index is 0.223. The van der Waals surface area contributed by atoms with Gasteiger partial charge in [-0.3, -0.25) is 0 Å². The molecule has 0 fully saturated rings. The topological polar surface area (TPSA) is 12.0 Å². The lowest BCUT2D eigenvalue weighted by Gasteiger charge is -2.23. The number of rotatable bonds is 4. The van der Waals surface area contributed by atoms with Gasteiger partial charge in [-0.25, -0.2) is 8.78 Å². The SMILES string of the molecule is CNC(C)C(c1ccc2c(c1)SCC2)C(F)F. The van der Waals surface area contributed by atoms with Gasteiger partial charge in [-0.1, -0.05) is 12.1 Å². The Hall–Kier alpha value is -0.610. The van der Waals surface area contributed by atoms with Gasteiger partial charge in [0, 0.05) is 16.7 Å². The molecule has 0 aliphatic carbocycles. The summed E-state index contributed by atoms with van der Waals surface area (Å²) >= 11 is 1.77. The number of halogens is 2. The molecular formula is C13H17F2NS. The van der Waals surface area contributed by atoms with E-state index in [1.165, 1.54) is 10.5 Å². The molecule has 0 saturated heterocycles. The fourth-order valence-corrected chi connectivity index (χ4v) is 3.34. The molecule has 1 N–H and O–H groups in total. The fraction of sp³-hybridized carbons (Fsp3) is 0.538. The van der Waals surface area contributed by atoms with Crippen molar-refractivity contribution in [2.45, 2.75) is 36.6 Å². The van der Waals surface area contributed by atoms with E-state index in [0.29, 0.717) is 0 Å². The van der Waals surface area contributed by atoms with E-state index in [0.717, 1.165) is 17.7 Å². The molecule has 0 radical (unpaired) electrons. The number of hydrogen-bond donors (Lipinski definition) is 1. The third kappa shape index (κ3) is 2.63. The van der Waals surface area contributed by atoms with E-state index in [-0.39, 0.29) is 6.04 Å². The highest BCUT2D eigenvalue weighted by atomic mass is 32.2. The van der Waals surface area contributed by atoms with E-state index in [4.69, 9.17) is 0 Å². The zero-order chi connectivity index (χ0) is 12.4. The quantitative estimate of drug-likeness (QED) is 0.888. The van der Waals surface area contributed by atoms with Crippen LogP contribution >= 0.6 is 11.8 Å².